The third kappa shape index (κ3) is 3.07. The summed E-state index contributed by atoms with van der Waals surface area (Å²) in [5, 5.41) is 19.5. The molecule has 0 atom stereocenters. The molecule has 0 aliphatic heterocycles. The second kappa shape index (κ2) is 6.57. The molecule has 1 aliphatic carbocycles. The van der Waals surface area contributed by atoms with E-state index in [1.165, 1.54) is 5.57 Å². The number of phenols is 2. The quantitative estimate of drug-likeness (QED) is 0.776. The summed E-state index contributed by atoms with van der Waals surface area (Å²) in [6.07, 6.45) is 9.41. The van der Waals surface area contributed by atoms with Gasteiger partial charge in [0.05, 0.1) is 0 Å². The Labute approximate surface area is 136 Å². The Hall–Kier alpha value is -2.74. The SMILES string of the molecule is CC/C(=C(/c1ccccc1)c1ccc(O)c(O)c1)C1C=CC=C1. The Morgan fingerprint density at radius 3 is 2.17 bits per heavy atom. The van der Waals surface area contributed by atoms with Crippen LogP contribution in [0.4, 0.5) is 0 Å². The highest BCUT2D eigenvalue weighted by atomic mass is 16.3. The van der Waals surface area contributed by atoms with Crippen LogP contribution < -0.4 is 0 Å². The van der Waals surface area contributed by atoms with Crippen LogP contribution in [0.3, 0.4) is 0 Å². The van der Waals surface area contributed by atoms with Crippen LogP contribution in [0.1, 0.15) is 24.5 Å². The van der Waals surface area contributed by atoms with Crippen molar-refractivity contribution in [3.8, 4) is 11.5 Å². The molecule has 3 rings (SSSR count). The summed E-state index contributed by atoms with van der Waals surface area (Å²) in [5.41, 5.74) is 4.44. The van der Waals surface area contributed by atoms with E-state index in [-0.39, 0.29) is 17.4 Å². The second-order valence-corrected chi connectivity index (χ2v) is 5.62. The molecule has 2 aromatic carbocycles. The third-order valence-corrected chi connectivity index (χ3v) is 4.18. The second-order valence-electron chi connectivity index (χ2n) is 5.62. The van der Waals surface area contributed by atoms with Gasteiger partial charge in [-0.25, -0.2) is 0 Å². The number of benzene rings is 2. The molecule has 2 nitrogen and oxygen atoms in total. The monoisotopic (exact) mass is 304 g/mol. The van der Waals surface area contributed by atoms with Gasteiger partial charge in [0.2, 0.25) is 0 Å². The van der Waals surface area contributed by atoms with Crippen LogP contribution in [-0.2, 0) is 0 Å². The zero-order valence-electron chi connectivity index (χ0n) is 13.1. The molecule has 2 N–H and O–H groups in total. The Bertz CT molecular complexity index is 771. The highest BCUT2D eigenvalue weighted by Crippen LogP contribution is 2.37. The fraction of sp³-hybridized carbons (Fsp3) is 0.143. The molecule has 2 heteroatoms. The molecule has 0 heterocycles. The van der Waals surface area contributed by atoms with Gasteiger partial charge in [0, 0.05) is 5.92 Å². The first-order valence-electron chi connectivity index (χ1n) is 7.86. The smallest absolute Gasteiger partial charge is 0.158 e. The van der Waals surface area contributed by atoms with Gasteiger partial charge in [-0.1, -0.05) is 73.2 Å². The maximum absolute atomic E-state index is 9.92. The summed E-state index contributed by atoms with van der Waals surface area (Å²) < 4.78 is 0. The molecule has 0 bridgehead atoms. The van der Waals surface area contributed by atoms with Gasteiger partial charge in [0.1, 0.15) is 0 Å². The lowest BCUT2D eigenvalue weighted by molar-refractivity contribution is 0.403. The largest absolute Gasteiger partial charge is 0.504 e. The molecule has 0 amide bonds. The Morgan fingerprint density at radius 1 is 0.870 bits per heavy atom. The summed E-state index contributed by atoms with van der Waals surface area (Å²) in [6.45, 7) is 2.15. The Balaban J connectivity index is 2.23. The van der Waals surface area contributed by atoms with Crippen molar-refractivity contribution in [1.82, 2.24) is 0 Å². The summed E-state index contributed by atoms with van der Waals surface area (Å²) >= 11 is 0. The van der Waals surface area contributed by atoms with Crippen LogP contribution >= 0.6 is 0 Å². The van der Waals surface area contributed by atoms with Gasteiger partial charge < -0.3 is 10.2 Å². The van der Waals surface area contributed by atoms with Gasteiger partial charge in [0.25, 0.3) is 0 Å². The van der Waals surface area contributed by atoms with Crippen molar-refractivity contribution in [3.63, 3.8) is 0 Å². The minimum Gasteiger partial charge on any atom is -0.504 e. The number of hydrogen-bond acceptors (Lipinski definition) is 2. The van der Waals surface area contributed by atoms with Crippen LogP contribution in [-0.4, -0.2) is 10.2 Å². The molecule has 23 heavy (non-hydrogen) atoms. The van der Waals surface area contributed by atoms with E-state index in [0.717, 1.165) is 23.1 Å². The van der Waals surface area contributed by atoms with Crippen molar-refractivity contribution in [2.45, 2.75) is 13.3 Å². The van der Waals surface area contributed by atoms with E-state index in [4.69, 9.17) is 0 Å². The van der Waals surface area contributed by atoms with Gasteiger partial charge >= 0.3 is 0 Å². The van der Waals surface area contributed by atoms with Crippen LogP contribution in [0.15, 0.2) is 78.4 Å². The average Bonchev–Trinajstić information content (AvgIpc) is 3.10. The number of allylic oxidation sites excluding steroid dienone is 5. The van der Waals surface area contributed by atoms with E-state index in [9.17, 15) is 10.2 Å². The molecule has 0 saturated carbocycles. The molecule has 0 unspecified atom stereocenters. The Morgan fingerprint density at radius 2 is 1.57 bits per heavy atom. The third-order valence-electron chi connectivity index (χ3n) is 4.18. The van der Waals surface area contributed by atoms with Crippen LogP contribution in [0.2, 0.25) is 0 Å². The average molecular weight is 304 g/mol. The van der Waals surface area contributed by atoms with Gasteiger partial charge in [-0.15, -0.1) is 0 Å². The first kappa shape index (κ1) is 15.2. The molecule has 0 aromatic heterocycles. The molecule has 116 valence electrons. The highest BCUT2D eigenvalue weighted by molar-refractivity contribution is 5.83. The van der Waals surface area contributed by atoms with Gasteiger partial charge in [-0.3, -0.25) is 0 Å². The summed E-state index contributed by atoms with van der Waals surface area (Å²) in [6, 6.07) is 15.2. The van der Waals surface area contributed by atoms with E-state index in [2.05, 4.69) is 43.4 Å². The number of aromatic hydroxyl groups is 2. The number of phenolic OH excluding ortho intramolecular Hbond substituents is 2. The standard InChI is InChI=1S/C21H20O2/c1-2-18(15-8-6-7-9-15)21(16-10-4-3-5-11-16)17-12-13-19(22)20(23)14-17/h3-15,22-23H,2H2,1H3/b21-18+. The lowest BCUT2D eigenvalue weighted by atomic mass is 9.85. The minimum absolute atomic E-state index is 0.0936. The van der Waals surface area contributed by atoms with Crippen molar-refractivity contribution < 1.29 is 10.2 Å². The fourth-order valence-corrected chi connectivity index (χ4v) is 3.06. The lowest BCUT2D eigenvalue weighted by Gasteiger charge is -2.19. The summed E-state index contributed by atoms with van der Waals surface area (Å²) in [5.74, 6) is 0.0786. The van der Waals surface area contributed by atoms with E-state index in [1.807, 2.05) is 24.3 Å². The molecule has 0 saturated heterocycles. The maximum Gasteiger partial charge on any atom is 0.158 e. The highest BCUT2D eigenvalue weighted by Gasteiger charge is 2.18. The molecule has 1 aliphatic rings. The van der Waals surface area contributed by atoms with Crippen molar-refractivity contribution in [2.24, 2.45) is 5.92 Å². The van der Waals surface area contributed by atoms with Crippen molar-refractivity contribution in [1.29, 1.82) is 0 Å². The van der Waals surface area contributed by atoms with E-state index in [1.54, 1.807) is 12.1 Å². The fourth-order valence-electron chi connectivity index (χ4n) is 3.06. The zero-order valence-corrected chi connectivity index (χ0v) is 13.1. The van der Waals surface area contributed by atoms with E-state index >= 15 is 0 Å². The van der Waals surface area contributed by atoms with Crippen LogP contribution in [0, 0.1) is 5.92 Å². The number of rotatable bonds is 4. The molecular weight excluding hydrogens is 284 g/mol. The molecular formula is C21H20O2. The van der Waals surface area contributed by atoms with Crippen molar-refractivity contribution in [2.75, 3.05) is 0 Å². The first-order chi connectivity index (χ1) is 11.2. The summed E-state index contributed by atoms with van der Waals surface area (Å²) in [4.78, 5) is 0. The normalized spacial score (nSPS) is 15.0. The van der Waals surface area contributed by atoms with E-state index < -0.39 is 0 Å². The molecule has 0 radical (unpaired) electrons. The van der Waals surface area contributed by atoms with Gasteiger partial charge in [0.15, 0.2) is 11.5 Å². The lowest BCUT2D eigenvalue weighted by Crippen LogP contribution is -2.01. The number of hydrogen-bond donors (Lipinski definition) is 2. The molecule has 2 aromatic rings. The zero-order chi connectivity index (χ0) is 16.2. The topological polar surface area (TPSA) is 40.5 Å². The predicted octanol–water partition coefficient (Wildman–Crippen LogP) is 5.05. The van der Waals surface area contributed by atoms with Gasteiger partial charge in [-0.2, -0.15) is 0 Å². The van der Waals surface area contributed by atoms with Crippen molar-refractivity contribution in [3.05, 3.63) is 89.5 Å². The predicted molar refractivity (Wildman–Crippen MR) is 94.3 cm³/mol. The van der Waals surface area contributed by atoms with E-state index in [0.29, 0.717) is 0 Å². The molecule has 0 fully saturated rings. The summed E-state index contributed by atoms with van der Waals surface area (Å²) in [7, 11) is 0. The van der Waals surface area contributed by atoms with Crippen molar-refractivity contribution >= 4 is 5.57 Å². The van der Waals surface area contributed by atoms with Crippen LogP contribution in [0.5, 0.6) is 11.5 Å². The minimum atomic E-state index is -0.0973. The van der Waals surface area contributed by atoms with Gasteiger partial charge in [-0.05, 0) is 35.3 Å². The first-order valence-corrected chi connectivity index (χ1v) is 7.86. The molecule has 0 spiro atoms. The maximum atomic E-state index is 9.92. The Kier molecular flexibility index (Phi) is 4.33. The van der Waals surface area contributed by atoms with Crippen LogP contribution in [0.25, 0.3) is 5.57 Å².